The molecule has 106 valence electrons. The number of nitrogens with one attached hydrogen (secondary N) is 2. The zero-order valence-corrected chi connectivity index (χ0v) is 11.2. The van der Waals surface area contributed by atoms with Gasteiger partial charge in [0, 0.05) is 18.8 Å². The minimum absolute atomic E-state index is 0.164. The second kappa shape index (κ2) is 5.11. The molecule has 0 spiro atoms. The van der Waals surface area contributed by atoms with E-state index in [4.69, 9.17) is 0 Å². The van der Waals surface area contributed by atoms with E-state index in [1.54, 1.807) is 24.9 Å². The number of nitro groups is 1. The summed E-state index contributed by atoms with van der Waals surface area (Å²) in [6.07, 6.45) is 2.80. The molecule has 1 unspecified atom stereocenters. The summed E-state index contributed by atoms with van der Waals surface area (Å²) in [5.74, 6) is -0.579. The Kier molecular flexibility index (Phi) is 3.51. The fraction of sp³-hybridized carbons (Fsp3) is 0.364. The predicted molar refractivity (Wildman–Crippen MR) is 69.1 cm³/mol. The van der Waals surface area contributed by atoms with Crippen molar-refractivity contribution in [3.05, 3.63) is 39.5 Å². The fourth-order valence-electron chi connectivity index (χ4n) is 1.97. The van der Waals surface area contributed by atoms with E-state index in [0.29, 0.717) is 0 Å². The zero-order valence-electron chi connectivity index (χ0n) is 11.2. The van der Waals surface area contributed by atoms with E-state index in [1.165, 1.54) is 0 Å². The summed E-state index contributed by atoms with van der Waals surface area (Å²) < 4.78 is 1.64. The Morgan fingerprint density at radius 2 is 2.30 bits per heavy atom. The number of carbonyl (C=O) groups is 1. The van der Waals surface area contributed by atoms with Crippen molar-refractivity contribution in [1.82, 2.24) is 25.3 Å². The van der Waals surface area contributed by atoms with Crippen LogP contribution in [0.5, 0.6) is 0 Å². The predicted octanol–water partition coefficient (Wildman–Crippen LogP) is 0.851. The molecule has 0 aliphatic rings. The van der Waals surface area contributed by atoms with Gasteiger partial charge in [-0.3, -0.25) is 24.7 Å². The highest BCUT2D eigenvalue weighted by molar-refractivity contribution is 5.96. The first kappa shape index (κ1) is 13.7. The minimum Gasteiger partial charge on any atom is -0.344 e. The van der Waals surface area contributed by atoms with Crippen molar-refractivity contribution in [2.45, 2.75) is 19.9 Å². The van der Waals surface area contributed by atoms with Gasteiger partial charge in [-0.25, -0.2) is 0 Å². The van der Waals surface area contributed by atoms with Crippen molar-refractivity contribution in [3.8, 4) is 0 Å². The van der Waals surface area contributed by atoms with E-state index in [9.17, 15) is 14.9 Å². The van der Waals surface area contributed by atoms with Crippen molar-refractivity contribution in [1.29, 1.82) is 0 Å². The maximum Gasteiger partial charge on any atom is 0.319 e. The minimum atomic E-state index is -0.654. The Morgan fingerprint density at radius 3 is 2.85 bits per heavy atom. The van der Waals surface area contributed by atoms with Crippen LogP contribution >= 0.6 is 0 Å². The lowest BCUT2D eigenvalue weighted by Gasteiger charge is -2.12. The number of rotatable bonds is 4. The first-order chi connectivity index (χ1) is 9.40. The number of nitrogens with zero attached hydrogens (tertiary/aromatic N) is 4. The van der Waals surface area contributed by atoms with E-state index in [0.717, 1.165) is 17.5 Å². The molecule has 2 rings (SSSR count). The topological polar surface area (TPSA) is 119 Å². The molecule has 0 fully saturated rings. The quantitative estimate of drug-likeness (QED) is 0.634. The SMILES string of the molecule is Cc1nn(C)cc1C(C)NC(=O)c1[nH]ncc1[N+](=O)[O-]. The average Bonchev–Trinajstić information content (AvgIpc) is 2.95. The third-order valence-corrected chi connectivity index (χ3v) is 2.91. The number of H-pyrrole nitrogens is 1. The Balaban J connectivity index is 2.17. The van der Waals surface area contributed by atoms with Gasteiger partial charge in [-0.05, 0) is 13.8 Å². The molecule has 2 aromatic rings. The molecule has 20 heavy (non-hydrogen) atoms. The van der Waals surface area contributed by atoms with Gasteiger partial charge in [-0.15, -0.1) is 0 Å². The number of carbonyl (C=O) groups excluding carboxylic acids is 1. The van der Waals surface area contributed by atoms with Crippen molar-refractivity contribution in [2.75, 3.05) is 0 Å². The lowest BCUT2D eigenvalue weighted by atomic mass is 10.1. The highest BCUT2D eigenvalue weighted by Crippen LogP contribution is 2.18. The largest absolute Gasteiger partial charge is 0.344 e. The van der Waals surface area contributed by atoms with Crippen LogP contribution in [0.2, 0.25) is 0 Å². The van der Waals surface area contributed by atoms with Crippen LogP contribution in [0.1, 0.15) is 34.7 Å². The Hall–Kier alpha value is -2.71. The summed E-state index contributed by atoms with van der Waals surface area (Å²) in [4.78, 5) is 22.1. The van der Waals surface area contributed by atoms with Crippen molar-refractivity contribution >= 4 is 11.6 Å². The van der Waals surface area contributed by atoms with Crippen LogP contribution in [0, 0.1) is 17.0 Å². The van der Waals surface area contributed by atoms with Crippen LogP contribution < -0.4 is 5.32 Å². The third kappa shape index (κ3) is 2.51. The highest BCUT2D eigenvalue weighted by Gasteiger charge is 2.24. The molecule has 0 saturated carbocycles. The molecule has 9 heteroatoms. The summed E-state index contributed by atoms with van der Waals surface area (Å²) >= 11 is 0. The molecule has 1 amide bonds. The standard InChI is InChI=1S/C11H14N6O3/c1-6(8-5-16(3)15-7(8)2)13-11(18)10-9(17(19)20)4-12-14-10/h4-6H,1-3H3,(H,12,14)(H,13,18). The fourth-order valence-corrected chi connectivity index (χ4v) is 1.97. The van der Waals surface area contributed by atoms with E-state index < -0.39 is 10.8 Å². The van der Waals surface area contributed by atoms with Crippen LogP contribution in [0.4, 0.5) is 5.69 Å². The van der Waals surface area contributed by atoms with Gasteiger partial charge in [0.25, 0.3) is 5.91 Å². The Bertz CT molecular complexity index is 659. The summed E-state index contributed by atoms with van der Waals surface area (Å²) in [6, 6.07) is -0.320. The van der Waals surface area contributed by atoms with Gasteiger partial charge >= 0.3 is 5.69 Å². The van der Waals surface area contributed by atoms with Gasteiger partial charge in [-0.2, -0.15) is 10.2 Å². The van der Waals surface area contributed by atoms with Gasteiger partial charge in [0.15, 0.2) is 0 Å². The number of amides is 1. The lowest BCUT2D eigenvalue weighted by molar-refractivity contribution is -0.385. The number of hydrogen-bond acceptors (Lipinski definition) is 5. The van der Waals surface area contributed by atoms with Crippen LogP contribution in [-0.2, 0) is 7.05 Å². The summed E-state index contributed by atoms with van der Waals surface area (Å²) in [6.45, 7) is 3.61. The molecular weight excluding hydrogens is 264 g/mol. The summed E-state index contributed by atoms with van der Waals surface area (Å²) in [7, 11) is 1.78. The van der Waals surface area contributed by atoms with Crippen LogP contribution in [0.15, 0.2) is 12.4 Å². The highest BCUT2D eigenvalue weighted by atomic mass is 16.6. The van der Waals surface area contributed by atoms with Gasteiger partial charge in [0.1, 0.15) is 6.20 Å². The number of hydrogen-bond donors (Lipinski definition) is 2. The van der Waals surface area contributed by atoms with Crippen LogP contribution in [-0.4, -0.2) is 30.8 Å². The van der Waals surface area contributed by atoms with E-state index in [-0.39, 0.29) is 17.4 Å². The molecule has 0 aromatic carbocycles. The molecule has 9 nitrogen and oxygen atoms in total. The van der Waals surface area contributed by atoms with Crippen molar-refractivity contribution < 1.29 is 9.72 Å². The zero-order chi connectivity index (χ0) is 14.9. The van der Waals surface area contributed by atoms with Crippen LogP contribution in [0.25, 0.3) is 0 Å². The molecule has 0 aliphatic carbocycles. The Labute approximate surface area is 114 Å². The maximum absolute atomic E-state index is 12.0. The van der Waals surface area contributed by atoms with E-state index >= 15 is 0 Å². The molecule has 2 heterocycles. The van der Waals surface area contributed by atoms with Crippen molar-refractivity contribution in [2.24, 2.45) is 7.05 Å². The van der Waals surface area contributed by atoms with Gasteiger partial charge in [0.2, 0.25) is 5.69 Å². The first-order valence-corrected chi connectivity index (χ1v) is 5.89. The number of aryl methyl sites for hydroxylation is 2. The smallest absolute Gasteiger partial charge is 0.319 e. The summed E-state index contributed by atoms with van der Waals surface area (Å²) in [5.41, 5.74) is 1.13. The van der Waals surface area contributed by atoms with Crippen LogP contribution in [0.3, 0.4) is 0 Å². The monoisotopic (exact) mass is 278 g/mol. The molecule has 2 N–H and O–H groups in total. The van der Waals surface area contributed by atoms with Gasteiger partial charge < -0.3 is 5.32 Å². The lowest BCUT2D eigenvalue weighted by Crippen LogP contribution is -2.27. The van der Waals surface area contributed by atoms with E-state index in [2.05, 4.69) is 20.6 Å². The van der Waals surface area contributed by atoms with Crippen molar-refractivity contribution in [3.63, 3.8) is 0 Å². The van der Waals surface area contributed by atoms with Gasteiger partial charge in [-0.1, -0.05) is 0 Å². The first-order valence-electron chi connectivity index (χ1n) is 5.89. The second-order valence-corrected chi connectivity index (χ2v) is 4.43. The van der Waals surface area contributed by atoms with E-state index in [1.807, 2.05) is 6.92 Å². The normalized spacial score (nSPS) is 12.2. The molecular formula is C11H14N6O3. The molecule has 0 bridgehead atoms. The number of aromatic amines is 1. The Morgan fingerprint density at radius 1 is 1.60 bits per heavy atom. The molecule has 1 atom stereocenters. The molecule has 0 aliphatic heterocycles. The third-order valence-electron chi connectivity index (χ3n) is 2.91. The van der Waals surface area contributed by atoms with Gasteiger partial charge in [0.05, 0.1) is 16.7 Å². The summed E-state index contributed by atoms with van der Waals surface area (Å²) in [5, 5.41) is 23.5. The maximum atomic E-state index is 12.0. The number of aromatic nitrogens is 4. The average molecular weight is 278 g/mol. The molecule has 2 aromatic heterocycles. The second-order valence-electron chi connectivity index (χ2n) is 4.43. The molecule has 0 radical (unpaired) electrons. The molecule has 0 saturated heterocycles.